The van der Waals surface area contributed by atoms with Gasteiger partial charge in [0.05, 0.1) is 27.5 Å². The van der Waals surface area contributed by atoms with Gasteiger partial charge in [-0.1, -0.05) is 54.6 Å². The van der Waals surface area contributed by atoms with Crippen molar-refractivity contribution in [1.82, 2.24) is 14.4 Å². The number of fused-ring (bicyclic) bond motifs is 14. The highest BCUT2D eigenvalue weighted by atomic mass is 16.3. The highest BCUT2D eigenvalue weighted by molar-refractivity contribution is 6.30. The molecule has 0 spiro atoms. The first kappa shape index (κ1) is 21.8. The minimum atomic E-state index is 0.859. The molecule has 5 aromatic heterocycles. The summed E-state index contributed by atoms with van der Waals surface area (Å²) in [6, 6.07) is 40.0. The zero-order chi connectivity index (χ0) is 27.8. The van der Waals surface area contributed by atoms with E-state index in [4.69, 9.17) is 18.8 Å². The maximum absolute atomic E-state index is 6.59. The van der Waals surface area contributed by atoms with Gasteiger partial charge in [-0.25, -0.2) is 9.97 Å². The Kier molecular flexibility index (Phi) is 3.78. The van der Waals surface area contributed by atoms with E-state index in [1.807, 2.05) is 48.5 Å². The first-order chi connectivity index (χ1) is 21.3. The van der Waals surface area contributed by atoms with Crippen molar-refractivity contribution in [3.63, 3.8) is 0 Å². The van der Waals surface area contributed by atoms with Crippen LogP contribution >= 0.6 is 0 Å². The van der Waals surface area contributed by atoms with E-state index in [1.54, 1.807) is 0 Å². The zero-order valence-electron chi connectivity index (χ0n) is 22.6. The fourth-order valence-electron chi connectivity index (χ4n) is 7.21. The van der Waals surface area contributed by atoms with Crippen LogP contribution in [0.1, 0.15) is 0 Å². The number of para-hydroxylation sites is 4. The monoisotopic (exact) mass is 549 g/mol. The van der Waals surface area contributed by atoms with Gasteiger partial charge in [0.25, 0.3) is 0 Å². The maximum Gasteiger partial charge on any atom is 0.165 e. The van der Waals surface area contributed by atoms with Gasteiger partial charge in [0.15, 0.2) is 5.65 Å². The smallest absolute Gasteiger partial charge is 0.165 e. The number of hydrogen-bond donors (Lipinski definition) is 0. The van der Waals surface area contributed by atoms with Gasteiger partial charge in [0, 0.05) is 32.3 Å². The van der Waals surface area contributed by atoms with E-state index in [2.05, 4.69) is 71.1 Å². The van der Waals surface area contributed by atoms with Gasteiger partial charge in [-0.15, -0.1) is 0 Å². The number of aromatic nitrogens is 3. The highest BCUT2D eigenvalue weighted by Crippen LogP contribution is 2.45. The van der Waals surface area contributed by atoms with E-state index in [1.165, 1.54) is 0 Å². The zero-order valence-corrected chi connectivity index (χ0v) is 22.6. The molecular formula is C38H19N3O2. The summed E-state index contributed by atoms with van der Waals surface area (Å²) < 4.78 is 15.0. The van der Waals surface area contributed by atoms with Gasteiger partial charge in [0.1, 0.15) is 27.8 Å². The lowest BCUT2D eigenvalue weighted by Gasteiger charge is -2.05. The molecule has 0 aliphatic carbocycles. The average Bonchev–Trinajstić information content (AvgIpc) is 3.79. The second kappa shape index (κ2) is 7.46. The van der Waals surface area contributed by atoms with Crippen molar-refractivity contribution in [3.05, 3.63) is 115 Å². The van der Waals surface area contributed by atoms with E-state index >= 15 is 0 Å². The Morgan fingerprint density at radius 1 is 0.488 bits per heavy atom. The summed E-state index contributed by atoms with van der Waals surface area (Å²) in [6.45, 7) is 0. The number of benzene rings is 6. The fraction of sp³-hybridized carbons (Fsp3) is 0. The van der Waals surface area contributed by atoms with Crippen LogP contribution in [0, 0.1) is 0 Å². The molecule has 0 fully saturated rings. The molecule has 43 heavy (non-hydrogen) atoms. The molecule has 11 rings (SSSR count). The Labute approximate surface area is 242 Å². The van der Waals surface area contributed by atoms with Gasteiger partial charge in [-0.2, -0.15) is 0 Å². The number of furan rings is 2. The molecule has 5 heteroatoms. The number of hydrogen-bond acceptors (Lipinski definition) is 4. The van der Waals surface area contributed by atoms with Crippen molar-refractivity contribution in [2.24, 2.45) is 0 Å². The highest BCUT2D eigenvalue weighted by Gasteiger charge is 2.24. The molecule has 0 atom stereocenters. The molecule has 0 unspecified atom stereocenters. The average molecular weight is 550 g/mol. The van der Waals surface area contributed by atoms with E-state index in [-0.39, 0.29) is 0 Å². The van der Waals surface area contributed by atoms with Crippen molar-refractivity contribution >= 4 is 93.3 Å². The standard InChI is InChI=1S/C38H19N3O2/c1-6-12-32-22(7-1)24-14-15-30-34(37(24)43-32)26-18-21(20-13-16-33-25(17-20)23-8-2-5-11-31(23)42-33)19-27-35-38(41(30)36(26)27)40-29-10-4-3-9-28(29)39-35/h1-19H. The summed E-state index contributed by atoms with van der Waals surface area (Å²) in [7, 11) is 0. The molecule has 0 aliphatic heterocycles. The van der Waals surface area contributed by atoms with Crippen LogP contribution in [0.5, 0.6) is 0 Å². The predicted molar refractivity (Wildman–Crippen MR) is 174 cm³/mol. The molecule has 6 aromatic carbocycles. The van der Waals surface area contributed by atoms with Crippen LogP contribution in [0.2, 0.25) is 0 Å². The number of nitrogens with zero attached hydrogens (tertiary/aromatic N) is 3. The predicted octanol–water partition coefficient (Wildman–Crippen LogP) is 10.2. The van der Waals surface area contributed by atoms with Crippen LogP contribution in [0.15, 0.2) is 124 Å². The van der Waals surface area contributed by atoms with Crippen molar-refractivity contribution in [2.75, 3.05) is 0 Å². The van der Waals surface area contributed by atoms with E-state index < -0.39 is 0 Å². The van der Waals surface area contributed by atoms with Gasteiger partial charge >= 0.3 is 0 Å². The molecule has 11 aromatic rings. The molecule has 0 saturated heterocycles. The third-order valence-electron chi connectivity index (χ3n) is 9.10. The quantitative estimate of drug-likeness (QED) is 0.204. The van der Waals surface area contributed by atoms with Gasteiger partial charge in [-0.05, 0) is 71.8 Å². The molecule has 0 saturated carbocycles. The van der Waals surface area contributed by atoms with Crippen LogP contribution in [0.3, 0.4) is 0 Å². The second-order valence-corrected chi connectivity index (χ2v) is 11.4. The SMILES string of the molecule is c1ccc2nc3c(nc2c1)c1cc(-c2ccc4oc5ccccc5c4c2)cc2c4c5oc6ccccc6c5ccc4n3c12. The maximum atomic E-state index is 6.59. The van der Waals surface area contributed by atoms with Crippen molar-refractivity contribution in [3.8, 4) is 11.1 Å². The molecule has 5 heterocycles. The normalized spacial score (nSPS) is 12.7. The van der Waals surface area contributed by atoms with Crippen LogP contribution < -0.4 is 0 Å². The van der Waals surface area contributed by atoms with Crippen molar-refractivity contribution in [1.29, 1.82) is 0 Å². The Hall–Kier alpha value is -5.94. The third-order valence-corrected chi connectivity index (χ3v) is 9.10. The molecule has 198 valence electrons. The molecular weight excluding hydrogens is 530 g/mol. The largest absolute Gasteiger partial charge is 0.456 e. The summed E-state index contributed by atoms with van der Waals surface area (Å²) in [5, 5.41) is 7.78. The van der Waals surface area contributed by atoms with Crippen molar-refractivity contribution < 1.29 is 8.83 Å². The Morgan fingerprint density at radius 3 is 2.02 bits per heavy atom. The van der Waals surface area contributed by atoms with Crippen LogP contribution in [-0.2, 0) is 0 Å². The molecule has 5 nitrogen and oxygen atoms in total. The minimum Gasteiger partial charge on any atom is -0.456 e. The fourth-order valence-corrected chi connectivity index (χ4v) is 7.21. The first-order valence-corrected chi connectivity index (χ1v) is 14.4. The first-order valence-electron chi connectivity index (χ1n) is 14.4. The van der Waals surface area contributed by atoms with Gasteiger partial charge in [-0.3, -0.25) is 4.40 Å². The lowest BCUT2D eigenvalue weighted by atomic mass is 9.98. The topological polar surface area (TPSA) is 56.5 Å². The van der Waals surface area contributed by atoms with E-state index in [0.29, 0.717) is 0 Å². The molecule has 0 radical (unpaired) electrons. The lowest BCUT2D eigenvalue weighted by Crippen LogP contribution is -1.88. The summed E-state index contributed by atoms with van der Waals surface area (Å²) in [6.07, 6.45) is 0. The summed E-state index contributed by atoms with van der Waals surface area (Å²) in [5.41, 5.74) is 11.5. The van der Waals surface area contributed by atoms with E-state index in [0.717, 1.165) is 104 Å². The molecule has 0 amide bonds. The lowest BCUT2D eigenvalue weighted by molar-refractivity contribution is 0.669. The minimum absolute atomic E-state index is 0.859. The van der Waals surface area contributed by atoms with Crippen LogP contribution in [0.4, 0.5) is 0 Å². The molecule has 0 aliphatic rings. The Morgan fingerprint density at radius 2 is 1.16 bits per heavy atom. The molecule has 0 bridgehead atoms. The van der Waals surface area contributed by atoms with Gasteiger partial charge < -0.3 is 8.83 Å². The second-order valence-electron chi connectivity index (χ2n) is 11.4. The molecule has 0 N–H and O–H groups in total. The summed E-state index contributed by atoms with van der Waals surface area (Å²) in [5.74, 6) is 0. The van der Waals surface area contributed by atoms with Crippen LogP contribution in [-0.4, -0.2) is 14.4 Å². The van der Waals surface area contributed by atoms with Crippen molar-refractivity contribution in [2.45, 2.75) is 0 Å². The Balaban J connectivity index is 1.34. The summed E-state index contributed by atoms with van der Waals surface area (Å²) in [4.78, 5) is 10.3. The Bertz CT molecular complexity index is 2960. The van der Waals surface area contributed by atoms with Gasteiger partial charge in [0.2, 0.25) is 0 Å². The third kappa shape index (κ3) is 2.67. The van der Waals surface area contributed by atoms with Crippen LogP contribution in [0.25, 0.3) is 104 Å². The number of rotatable bonds is 1. The van der Waals surface area contributed by atoms with E-state index in [9.17, 15) is 0 Å². The summed E-state index contributed by atoms with van der Waals surface area (Å²) >= 11 is 0.